The number of benzene rings is 1. The van der Waals surface area contributed by atoms with Crippen LogP contribution in [0.15, 0.2) is 24.3 Å². The van der Waals surface area contributed by atoms with Crippen LogP contribution in [0.25, 0.3) is 0 Å². The fraction of sp³-hybridized carbons (Fsp3) is 0.375. The molecule has 2 aliphatic rings. The Morgan fingerprint density at radius 3 is 2.76 bits per heavy atom. The number of hydrogen-bond acceptors (Lipinski definition) is 2. The number of carbonyl (C=O) groups excluding carboxylic acids is 1. The molecule has 5 heteroatoms. The lowest BCUT2D eigenvalue weighted by atomic mass is 9.77. The summed E-state index contributed by atoms with van der Waals surface area (Å²) >= 11 is 0. The molecule has 4 nitrogen and oxygen atoms in total. The Morgan fingerprint density at radius 2 is 2.05 bits per heavy atom. The predicted molar refractivity (Wildman–Crippen MR) is 76.7 cm³/mol. The van der Waals surface area contributed by atoms with Crippen molar-refractivity contribution in [1.29, 1.82) is 0 Å². The first-order valence-electron chi connectivity index (χ1n) is 7.36. The molecule has 21 heavy (non-hydrogen) atoms. The van der Waals surface area contributed by atoms with Crippen LogP contribution in [0.5, 0.6) is 0 Å². The fourth-order valence-electron chi connectivity index (χ4n) is 3.31. The molecule has 1 aliphatic carbocycles. The normalized spacial score (nSPS) is 21.6. The van der Waals surface area contributed by atoms with Crippen molar-refractivity contribution in [1.82, 2.24) is 10.2 Å². The van der Waals surface area contributed by atoms with E-state index < -0.39 is 0 Å². The van der Waals surface area contributed by atoms with Crippen molar-refractivity contribution in [3.05, 3.63) is 46.9 Å². The Kier molecular flexibility index (Phi) is 2.80. The van der Waals surface area contributed by atoms with Gasteiger partial charge < -0.3 is 5.32 Å². The lowest BCUT2D eigenvalue weighted by Crippen LogP contribution is -2.25. The third-order valence-corrected chi connectivity index (χ3v) is 4.62. The standard InChI is InChI=1S/C16H16FN3O/c17-12-7-2-1-6-10(12)11-8-13(21)18-16-14(11)15(19-20-16)9-4-3-5-9/h1-2,6-7,9,11H,3-5,8H2,(H2,18,19,20,21). The second kappa shape index (κ2) is 4.69. The number of nitrogens with one attached hydrogen (secondary N) is 2. The Balaban J connectivity index is 1.84. The van der Waals surface area contributed by atoms with E-state index in [1.165, 1.54) is 12.5 Å². The first-order chi connectivity index (χ1) is 10.2. The number of hydrogen-bond donors (Lipinski definition) is 2. The number of carbonyl (C=O) groups is 1. The van der Waals surface area contributed by atoms with Gasteiger partial charge in [0.25, 0.3) is 0 Å². The molecule has 1 saturated carbocycles. The predicted octanol–water partition coefficient (Wildman–Crippen LogP) is 3.29. The molecule has 2 aromatic rings. The second-order valence-corrected chi connectivity index (χ2v) is 5.85. The molecule has 0 saturated heterocycles. The second-order valence-electron chi connectivity index (χ2n) is 5.85. The molecule has 1 amide bonds. The monoisotopic (exact) mass is 285 g/mol. The van der Waals surface area contributed by atoms with Gasteiger partial charge in [-0.15, -0.1) is 0 Å². The number of H-pyrrole nitrogens is 1. The fourth-order valence-corrected chi connectivity index (χ4v) is 3.31. The van der Waals surface area contributed by atoms with Crippen molar-refractivity contribution in [3.8, 4) is 0 Å². The summed E-state index contributed by atoms with van der Waals surface area (Å²) in [5, 5.41) is 10.1. The summed E-state index contributed by atoms with van der Waals surface area (Å²) in [6.45, 7) is 0. The van der Waals surface area contributed by atoms with Gasteiger partial charge in [0.2, 0.25) is 5.91 Å². The van der Waals surface area contributed by atoms with Gasteiger partial charge in [-0.05, 0) is 24.5 Å². The maximum absolute atomic E-state index is 14.2. The van der Waals surface area contributed by atoms with E-state index in [-0.39, 0.29) is 24.1 Å². The summed E-state index contributed by atoms with van der Waals surface area (Å²) in [5.41, 5.74) is 2.63. The number of rotatable bonds is 2. The van der Waals surface area contributed by atoms with E-state index in [1.807, 2.05) is 6.07 Å². The highest BCUT2D eigenvalue weighted by Crippen LogP contribution is 2.45. The lowest BCUT2D eigenvalue weighted by molar-refractivity contribution is -0.116. The molecule has 1 atom stereocenters. The zero-order valence-electron chi connectivity index (χ0n) is 11.5. The quantitative estimate of drug-likeness (QED) is 0.889. The Morgan fingerprint density at radius 1 is 1.24 bits per heavy atom. The van der Waals surface area contributed by atoms with Crippen molar-refractivity contribution >= 4 is 11.7 Å². The van der Waals surface area contributed by atoms with E-state index in [2.05, 4.69) is 15.5 Å². The number of aromatic nitrogens is 2. The molecule has 1 unspecified atom stereocenters. The number of nitrogens with zero attached hydrogens (tertiary/aromatic N) is 1. The molecular formula is C16H16FN3O. The highest BCUT2D eigenvalue weighted by molar-refractivity contribution is 5.94. The molecule has 0 radical (unpaired) electrons. The molecule has 0 spiro atoms. The van der Waals surface area contributed by atoms with E-state index in [9.17, 15) is 9.18 Å². The number of amides is 1. The number of fused-ring (bicyclic) bond motifs is 1. The van der Waals surface area contributed by atoms with Crippen LogP contribution in [0.1, 0.15) is 54.3 Å². The van der Waals surface area contributed by atoms with Gasteiger partial charge in [-0.2, -0.15) is 5.10 Å². The van der Waals surface area contributed by atoms with Crippen LogP contribution in [-0.4, -0.2) is 16.1 Å². The molecule has 2 heterocycles. The average Bonchev–Trinajstić information content (AvgIpc) is 2.80. The lowest BCUT2D eigenvalue weighted by Gasteiger charge is -2.29. The van der Waals surface area contributed by atoms with E-state index in [1.54, 1.807) is 12.1 Å². The van der Waals surface area contributed by atoms with E-state index in [4.69, 9.17) is 0 Å². The number of anilines is 1. The van der Waals surface area contributed by atoms with Crippen molar-refractivity contribution in [2.45, 2.75) is 37.5 Å². The van der Waals surface area contributed by atoms with E-state index in [0.717, 1.165) is 24.1 Å². The van der Waals surface area contributed by atoms with Crippen molar-refractivity contribution in [2.24, 2.45) is 0 Å². The van der Waals surface area contributed by atoms with E-state index >= 15 is 0 Å². The maximum atomic E-state index is 14.2. The van der Waals surface area contributed by atoms with Crippen LogP contribution >= 0.6 is 0 Å². The minimum absolute atomic E-state index is 0.109. The number of halogens is 1. The van der Waals surface area contributed by atoms with E-state index in [0.29, 0.717) is 17.3 Å². The Labute approximate surface area is 121 Å². The van der Waals surface area contributed by atoms with Crippen molar-refractivity contribution < 1.29 is 9.18 Å². The van der Waals surface area contributed by atoms with Gasteiger partial charge in [0.1, 0.15) is 5.82 Å². The SMILES string of the molecule is O=C1CC(c2ccccc2F)c2c(n[nH]c2C2CCC2)N1. The van der Waals surface area contributed by atoms with Crippen molar-refractivity contribution in [3.63, 3.8) is 0 Å². The number of aromatic amines is 1. The first-order valence-corrected chi connectivity index (χ1v) is 7.36. The third kappa shape index (κ3) is 1.95. The molecule has 1 fully saturated rings. The largest absolute Gasteiger partial charge is 0.309 e. The topological polar surface area (TPSA) is 57.8 Å². The van der Waals surface area contributed by atoms with Crippen LogP contribution < -0.4 is 5.32 Å². The summed E-state index contributed by atoms with van der Waals surface area (Å²) < 4.78 is 14.2. The average molecular weight is 285 g/mol. The Bertz CT molecular complexity index is 705. The molecule has 4 rings (SSSR count). The summed E-state index contributed by atoms with van der Waals surface area (Å²) in [7, 11) is 0. The summed E-state index contributed by atoms with van der Waals surface area (Å²) in [6, 6.07) is 6.70. The molecule has 0 bridgehead atoms. The summed E-state index contributed by atoms with van der Waals surface area (Å²) in [6.07, 6.45) is 3.75. The molecule has 2 N–H and O–H groups in total. The van der Waals surface area contributed by atoms with Gasteiger partial charge >= 0.3 is 0 Å². The summed E-state index contributed by atoms with van der Waals surface area (Å²) in [5.74, 6) is 0.419. The zero-order valence-corrected chi connectivity index (χ0v) is 11.5. The third-order valence-electron chi connectivity index (χ3n) is 4.62. The maximum Gasteiger partial charge on any atom is 0.226 e. The van der Waals surface area contributed by atoms with Crippen LogP contribution in [0.2, 0.25) is 0 Å². The van der Waals surface area contributed by atoms with Gasteiger partial charge in [-0.25, -0.2) is 4.39 Å². The molecule has 108 valence electrons. The van der Waals surface area contributed by atoms with Crippen molar-refractivity contribution in [2.75, 3.05) is 5.32 Å². The van der Waals surface area contributed by atoms with Gasteiger partial charge in [-0.3, -0.25) is 9.89 Å². The van der Waals surface area contributed by atoms with Crippen LogP contribution in [0, 0.1) is 5.82 Å². The van der Waals surface area contributed by atoms with Gasteiger partial charge in [0, 0.05) is 29.5 Å². The Hall–Kier alpha value is -2.17. The van der Waals surface area contributed by atoms with Gasteiger partial charge in [-0.1, -0.05) is 24.6 Å². The van der Waals surface area contributed by atoms with Crippen LogP contribution in [-0.2, 0) is 4.79 Å². The highest BCUT2D eigenvalue weighted by atomic mass is 19.1. The van der Waals surface area contributed by atoms with Gasteiger partial charge in [0.05, 0.1) is 0 Å². The highest BCUT2D eigenvalue weighted by Gasteiger charge is 2.36. The molecular weight excluding hydrogens is 269 g/mol. The molecule has 1 aromatic carbocycles. The van der Waals surface area contributed by atoms with Crippen LogP contribution in [0.4, 0.5) is 10.2 Å². The van der Waals surface area contributed by atoms with Crippen LogP contribution in [0.3, 0.4) is 0 Å². The minimum atomic E-state index is -0.260. The van der Waals surface area contributed by atoms with Gasteiger partial charge in [0.15, 0.2) is 5.82 Å². The molecule has 1 aliphatic heterocycles. The smallest absolute Gasteiger partial charge is 0.226 e. The molecule has 1 aromatic heterocycles. The minimum Gasteiger partial charge on any atom is -0.309 e. The first kappa shape index (κ1) is 12.6. The summed E-state index contributed by atoms with van der Waals surface area (Å²) in [4.78, 5) is 11.9. The zero-order chi connectivity index (χ0) is 14.4.